The second kappa shape index (κ2) is 24.2. The topological polar surface area (TPSA) is 243 Å². The number of aromatic nitrogens is 6. The smallest absolute Gasteiger partial charge is 0.407 e. The summed E-state index contributed by atoms with van der Waals surface area (Å²) < 4.78 is 13.6. The summed E-state index contributed by atoms with van der Waals surface area (Å²) in [5.41, 5.74) is 9.40. The summed E-state index contributed by atoms with van der Waals surface area (Å²) >= 11 is 6.41. The van der Waals surface area contributed by atoms with Crippen molar-refractivity contribution in [2.75, 3.05) is 34.4 Å². The number of fused-ring (bicyclic) bond motifs is 1. The van der Waals surface area contributed by atoms with E-state index in [4.69, 9.17) is 31.8 Å². The first kappa shape index (κ1) is 55.2. The lowest BCUT2D eigenvalue weighted by molar-refractivity contribution is 0.0495. The fraction of sp³-hybridized carbons (Fsp3) is 0.304. The molecule has 5 heterocycles. The molecule has 0 saturated heterocycles. The van der Waals surface area contributed by atoms with Crippen molar-refractivity contribution < 1.29 is 23.9 Å². The average Bonchev–Trinajstić information content (AvgIpc) is 3.72. The molecule has 0 radical (unpaired) electrons. The normalized spacial score (nSPS) is 12.9. The first-order valence-corrected chi connectivity index (χ1v) is 25.0. The molecule has 396 valence electrons. The molecular weight excluding hydrogens is 988 g/mol. The van der Waals surface area contributed by atoms with E-state index in [9.17, 15) is 24.0 Å². The van der Waals surface area contributed by atoms with Crippen LogP contribution in [0.5, 0.6) is 0 Å². The largest absolute Gasteiger partial charge is 0.444 e. The molecule has 4 aromatic heterocycles. The maximum absolute atomic E-state index is 14.0. The fourth-order valence-electron chi connectivity index (χ4n) is 8.21. The van der Waals surface area contributed by atoms with Gasteiger partial charge in [0.1, 0.15) is 34.0 Å². The van der Waals surface area contributed by atoms with Gasteiger partial charge in [-0.1, -0.05) is 78.3 Å². The lowest BCUT2D eigenvalue weighted by Gasteiger charge is -2.25. The number of pyridine rings is 2. The zero-order chi connectivity index (χ0) is 54.7. The van der Waals surface area contributed by atoms with Crippen molar-refractivity contribution in [3.63, 3.8) is 0 Å². The summed E-state index contributed by atoms with van der Waals surface area (Å²) in [5, 5.41) is 12.8. The van der Waals surface area contributed by atoms with Crippen molar-refractivity contribution in [3.8, 4) is 22.5 Å². The number of halogens is 1. The Balaban J connectivity index is 0.000000229. The van der Waals surface area contributed by atoms with Gasteiger partial charge >= 0.3 is 12.2 Å². The molecule has 76 heavy (non-hydrogen) atoms. The van der Waals surface area contributed by atoms with Crippen LogP contribution in [0.4, 0.5) is 32.9 Å². The minimum atomic E-state index is -0.660. The molecule has 7 aromatic rings. The third kappa shape index (κ3) is 14.4. The van der Waals surface area contributed by atoms with Crippen molar-refractivity contribution in [2.24, 2.45) is 14.1 Å². The van der Waals surface area contributed by atoms with E-state index in [1.54, 1.807) is 102 Å². The van der Waals surface area contributed by atoms with Crippen molar-refractivity contribution in [1.82, 2.24) is 39.7 Å². The van der Waals surface area contributed by atoms with Gasteiger partial charge in [-0.2, -0.15) is 0 Å². The zero-order valence-corrected chi connectivity index (χ0v) is 44.5. The lowest BCUT2D eigenvalue weighted by Crippen LogP contribution is -2.44. The molecule has 1 aliphatic rings. The summed E-state index contributed by atoms with van der Waals surface area (Å²) in [5.74, 6) is 0.286. The quantitative estimate of drug-likeness (QED) is 0.0651. The van der Waals surface area contributed by atoms with E-state index >= 15 is 0 Å². The molecular formula is C56H63ClN12O7. The van der Waals surface area contributed by atoms with Gasteiger partial charge in [0.25, 0.3) is 17.0 Å². The van der Waals surface area contributed by atoms with Gasteiger partial charge in [-0.25, -0.2) is 19.6 Å². The number of hydrogen-bond acceptors (Lipinski definition) is 14. The molecule has 20 heteroatoms. The van der Waals surface area contributed by atoms with E-state index in [1.807, 2.05) is 81.4 Å². The highest BCUT2D eigenvalue weighted by Gasteiger charge is 2.35. The zero-order valence-electron chi connectivity index (χ0n) is 43.8. The number of nitrogen functional groups attached to an aromatic ring is 1. The number of nitrogens with zero attached hydrogens (tertiary/aromatic N) is 7. The molecule has 0 fully saturated rings. The summed E-state index contributed by atoms with van der Waals surface area (Å²) in [6, 6.07) is 30.9. The number of ether oxygens (including phenoxy) is 2. The Morgan fingerprint density at radius 2 is 1.08 bits per heavy atom. The highest BCUT2D eigenvalue weighted by Crippen LogP contribution is 2.36. The van der Waals surface area contributed by atoms with E-state index < -0.39 is 35.0 Å². The molecule has 2 atom stereocenters. The summed E-state index contributed by atoms with van der Waals surface area (Å²) in [6.45, 7) is 11.5. The number of hydrogen-bond donors (Lipinski definition) is 5. The number of anilines is 4. The number of alkyl carbamates (subject to hydrolysis) is 2. The Hall–Kier alpha value is -8.58. The number of carbonyl (C=O) groups excluding carboxylic acids is 3. The van der Waals surface area contributed by atoms with Gasteiger partial charge in [-0.3, -0.25) is 38.4 Å². The van der Waals surface area contributed by atoms with E-state index in [-0.39, 0.29) is 47.9 Å². The van der Waals surface area contributed by atoms with E-state index in [0.29, 0.717) is 64.0 Å². The molecule has 0 spiro atoms. The van der Waals surface area contributed by atoms with Gasteiger partial charge in [0, 0.05) is 79.2 Å². The Morgan fingerprint density at radius 3 is 1.54 bits per heavy atom. The van der Waals surface area contributed by atoms with Crippen molar-refractivity contribution >= 4 is 53.0 Å². The molecule has 0 bridgehead atoms. The van der Waals surface area contributed by atoms with Crippen LogP contribution in [0.1, 0.15) is 68.6 Å². The first-order valence-electron chi connectivity index (χ1n) is 24.6. The number of rotatable bonds is 15. The summed E-state index contributed by atoms with van der Waals surface area (Å²) in [4.78, 5) is 84.2. The molecule has 3 amide bonds. The predicted octanol–water partition coefficient (Wildman–Crippen LogP) is 8.18. The minimum Gasteiger partial charge on any atom is -0.444 e. The van der Waals surface area contributed by atoms with E-state index in [0.717, 1.165) is 11.1 Å². The lowest BCUT2D eigenvalue weighted by atomic mass is 10.1. The molecule has 0 unspecified atom stereocenters. The van der Waals surface area contributed by atoms with Crippen LogP contribution in [0.15, 0.2) is 138 Å². The minimum absolute atomic E-state index is 0.0574. The standard InChI is InChI=1S/C32H33ClN6O4.C24H30N6O3/c1-32(2,3)43-31(42)36-22(17-20-9-6-5-7-10-20)18-35-30-37-26(21-13-15-34-16-14-21)27(29(41)38(30)4)39-19-24-23(28(39)40)11-8-12-25(24)33;1-24(2,3)33-23(32)28-18(14-16-8-6-5-7-9-16)15-27-22-29-20(17-10-12-26-13-11-17)19(25)21(31)30(22)4/h5-16,22H,17-19H2,1-4H3,(H,35,37)(H,36,42);5-13,18H,14-15,25H2,1-4H3,(H,27,29)(H,28,32)/t22-;18-/m00/s1. The maximum Gasteiger partial charge on any atom is 0.407 e. The van der Waals surface area contributed by atoms with Gasteiger partial charge < -0.3 is 36.5 Å². The third-order valence-corrected chi connectivity index (χ3v) is 12.1. The van der Waals surface area contributed by atoms with Gasteiger partial charge in [-0.05, 0) is 102 Å². The Morgan fingerprint density at radius 1 is 0.632 bits per heavy atom. The van der Waals surface area contributed by atoms with Crippen LogP contribution in [-0.2, 0) is 43.0 Å². The number of nitrogens with two attached hydrogens (primary N) is 1. The highest BCUT2D eigenvalue weighted by atomic mass is 35.5. The number of benzene rings is 3. The number of carbonyl (C=O) groups is 3. The molecule has 19 nitrogen and oxygen atoms in total. The van der Waals surface area contributed by atoms with Crippen LogP contribution < -0.4 is 43.0 Å². The number of nitrogens with one attached hydrogen (secondary N) is 4. The third-order valence-electron chi connectivity index (χ3n) is 11.8. The van der Waals surface area contributed by atoms with Crippen LogP contribution in [0.2, 0.25) is 5.02 Å². The van der Waals surface area contributed by atoms with Crippen LogP contribution in [0.25, 0.3) is 22.5 Å². The molecule has 3 aromatic carbocycles. The Kier molecular flexibility index (Phi) is 17.6. The molecule has 0 saturated carbocycles. The molecule has 1 aliphatic heterocycles. The second-order valence-electron chi connectivity index (χ2n) is 20.0. The van der Waals surface area contributed by atoms with Crippen LogP contribution >= 0.6 is 11.6 Å². The van der Waals surface area contributed by atoms with Gasteiger partial charge in [0.2, 0.25) is 11.9 Å². The van der Waals surface area contributed by atoms with Crippen molar-refractivity contribution in [2.45, 2.75) is 84.2 Å². The fourth-order valence-corrected chi connectivity index (χ4v) is 8.44. The van der Waals surface area contributed by atoms with Crippen LogP contribution in [0, 0.1) is 0 Å². The van der Waals surface area contributed by atoms with Crippen molar-refractivity contribution in [1.29, 1.82) is 0 Å². The van der Waals surface area contributed by atoms with Crippen LogP contribution in [0.3, 0.4) is 0 Å². The summed E-state index contributed by atoms with van der Waals surface area (Å²) in [7, 11) is 3.18. The average molecular weight is 1050 g/mol. The summed E-state index contributed by atoms with van der Waals surface area (Å²) in [6.07, 6.45) is 6.44. The van der Waals surface area contributed by atoms with E-state index in [2.05, 4.69) is 36.2 Å². The molecule has 0 aliphatic carbocycles. The van der Waals surface area contributed by atoms with Gasteiger partial charge in [0.05, 0.1) is 18.6 Å². The Bertz CT molecular complexity index is 3280. The SMILES string of the molecule is Cn1c(NC[C@H](Cc2ccccc2)NC(=O)OC(C)(C)C)nc(-c2ccncc2)c(N)c1=O.Cn1c(NC[C@H](Cc2ccccc2)NC(=O)OC(C)(C)C)nc(-c2ccncc2)c(N2Cc3c(Cl)cccc3C2=O)c1=O. The first-order chi connectivity index (χ1) is 36.2. The second-order valence-corrected chi connectivity index (χ2v) is 20.4. The number of amides is 3. The molecule has 6 N–H and O–H groups in total. The van der Waals surface area contributed by atoms with E-state index in [1.165, 1.54) is 14.0 Å². The van der Waals surface area contributed by atoms with Gasteiger partial charge in [-0.15, -0.1) is 0 Å². The van der Waals surface area contributed by atoms with Crippen LogP contribution in [-0.4, -0.2) is 83.5 Å². The maximum atomic E-state index is 14.0. The predicted molar refractivity (Wildman–Crippen MR) is 295 cm³/mol. The van der Waals surface area contributed by atoms with Gasteiger partial charge in [0.15, 0.2) is 0 Å². The Labute approximate surface area is 445 Å². The molecule has 8 rings (SSSR count). The monoisotopic (exact) mass is 1050 g/mol. The highest BCUT2D eigenvalue weighted by molar-refractivity contribution is 6.32. The van der Waals surface area contributed by atoms with Crippen molar-refractivity contribution in [3.05, 3.63) is 176 Å².